The third-order valence-electron chi connectivity index (χ3n) is 16.9. The molecule has 0 saturated carbocycles. The second kappa shape index (κ2) is 25.3. The van der Waals surface area contributed by atoms with Gasteiger partial charge in [0.25, 0.3) is 11.8 Å². The molecule has 97 heavy (non-hydrogen) atoms. The van der Waals surface area contributed by atoms with Gasteiger partial charge in [-0.05, 0) is 108 Å². The Labute approximate surface area is 538 Å². The molecule has 29 heteroatoms. The Balaban J connectivity index is 0.804. The van der Waals surface area contributed by atoms with Crippen LogP contribution in [0.3, 0.4) is 0 Å². The minimum atomic E-state index is -4.85. The number of carbonyl (C=O) groups excluding carboxylic acids is 2. The lowest BCUT2D eigenvalue weighted by atomic mass is 9.87. The first-order valence-corrected chi connectivity index (χ1v) is 29.3. The Bertz CT molecular complexity index is 4540. The number of ether oxygens (including phenoxy) is 5. The molecule has 0 radical (unpaired) electrons. The highest BCUT2D eigenvalue weighted by Gasteiger charge is 2.42. The third-order valence-corrected chi connectivity index (χ3v) is 16.9. The summed E-state index contributed by atoms with van der Waals surface area (Å²) in [4.78, 5) is 44.9. The second-order valence-electron chi connectivity index (χ2n) is 24.5. The van der Waals surface area contributed by atoms with Gasteiger partial charge in [-0.15, -0.1) is 0 Å². The van der Waals surface area contributed by atoms with Gasteiger partial charge in [0.05, 0.1) is 83.2 Å². The number of aromatic nitrogens is 6. The molecule has 6 aromatic carbocycles. The van der Waals surface area contributed by atoms with Crippen molar-refractivity contribution in [3.8, 4) is 34.3 Å². The van der Waals surface area contributed by atoms with Gasteiger partial charge in [-0.1, -0.05) is 39.8 Å². The standard InChI is InChI=1S/C68H48F16N6O7/c1-65(2)29-93-27-55(65)89-53-17-35(15-49(77)59(53)87-57(89)19-33-13-47(75)39(23-45(33)73)51-11-9-41(69)61(85-51)95-25-31-5-7-37(21-43(31)71)67(79,80)81)63(91)97-64(92)36-16-50(78)60-54(18-36)90(56-28-94-30-66(56,3)4)58(88-60)20-34-14-48(76)40(24-46(34)74)52-12-10-42(70)62(86-52)96-26-32-6-8-38(22-44(32)72)68(82,83)84/h5-18,21-24,55-56H,19-20,25-30H2,1-4H3. The lowest BCUT2D eigenvalue weighted by molar-refractivity contribution is -0.138. The predicted molar refractivity (Wildman–Crippen MR) is 313 cm³/mol. The maximum absolute atomic E-state index is 16.5. The summed E-state index contributed by atoms with van der Waals surface area (Å²) in [5, 5.41) is 0. The molecule has 0 bridgehead atoms. The fourth-order valence-corrected chi connectivity index (χ4v) is 11.6. The second-order valence-corrected chi connectivity index (χ2v) is 24.5. The average Bonchev–Trinajstić information content (AvgIpc) is 1.62. The number of imidazole rings is 2. The molecule has 6 heterocycles. The maximum Gasteiger partial charge on any atom is 0.416 e. The van der Waals surface area contributed by atoms with E-state index >= 15 is 26.3 Å². The SMILES string of the molecule is CC1(C)COCC1n1c(Cc2cc(F)c(-c3ccc(F)c(OCc4ccc(C(F)(F)F)cc4F)n3)cc2F)nc2c(F)cc(C(=O)OC(=O)c3cc(F)c4nc(Cc5cc(F)c(-c6ccc(F)c(OCc7ccc(C(F)(F)F)cc7F)n6)cc5F)n(C5COCC5(C)C)c4c3)cc21. The lowest BCUT2D eigenvalue weighted by Gasteiger charge is -2.28. The van der Waals surface area contributed by atoms with E-state index in [1.807, 2.05) is 0 Å². The summed E-state index contributed by atoms with van der Waals surface area (Å²) in [7, 11) is 0. The Hall–Kier alpha value is -9.90. The molecule has 13 nitrogen and oxygen atoms in total. The average molecular weight is 1370 g/mol. The molecule has 0 aliphatic carbocycles. The van der Waals surface area contributed by atoms with Crippen LogP contribution < -0.4 is 9.47 Å². The quantitative estimate of drug-likeness (QED) is 0.0518. The van der Waals surface area contributed by atoms with Crippen molar-refractivity contribution in [2.45, 2.75) is 78.2 Å². The number of hydrogen-bond acceptors (Lipinski definition) is 11. The van der Waals surface area contributed by atoms with E-state index in [-0.39, 0.29) is 94.8 Å². The highest BCUT2D eigenvalue weighted by Crippen LogP contribution is 2.44. The molecule has 2 saturated heterocycles. The van der Waals surface area contributed by atoms with Crippen LogP contribution in [-0.4, -0.2) is 67.4 Å². The molecule has 2 unspecified atom stereocenters. The van der Waals surface area contributed by atoms with Crippen molar-refractivity contribution in [3.05, 3.63) is 224 Å². The van der Waals surface area contributed by atoms with E-state index in [1.165, 1.54) is 9.13 Å². The highest BCUT2D eigenvalue weighted by atomic mass is 19.4. The van der Waals surface area contributed by atoms with Gasteiger partial charge in [0.1, 0.15) is 70.8 Å². The monoisotopic (exact) mass is 1360 g/mol. The first-order valence-electron chi connectivity index (χ1n) is 29.3. The highest BCUT2D eigenvalue weighted by molar-refractivity contribution is 6.05. The van der Waals surface area contributed by atoms with Gasteiger partial charge in [0.2, 0.25) is 0 Å². The molecule has 2 aliphatic heterocycles. The van der Waals surface area contributed by atoms with Crippen molar-refractivity contribution in [2.24, 2.45) is 10.8 Å². The van der Waals surface area contributed by atoms with Gasteiger partial charge in [0, 0.05) is 45.9 Å². The number of nitrogens with zero attached hydrogens (tertiary/aromatic N) is 6. The van der Waals surface area contributed by atoms with Gasteiger partial charge >= 0.3 is 24.3 Å². The molecule has 0 N–H and O–H groups in total. The first kappa shape index (κ1) is 67.1. The summed E-state index contributed by atoms with van der Waals surface area (Å²) in [5.74, 6) is -16.1. The molecule has 2 aliphatic rings. The zero-order valence-corrected chi connectivity index (χ0v) is 50.8. The molecule has 2 fully saturated rings. The Morgan fingerprint density at radius 2 is 0.835 bits per heavy atom. The fourth-order valence-electron chi connectivity index (χ4n) is 11.6. The van der Waals surface area contributed by atoms with E-state index in [4.69, 9.17) is 23.7 Å². The number of carbonyl (C=O) groups is 2. The van der Waals surface area contributed by atoms with Crippen LogP contribution in [-0.2, 0) is 52.6 Å². The first-order chi connectivity index (χ1) is 45.7. The van der Waals surface area contributed by atoms with E-state index < -0.39 is 188 Å². The van der Waals surface area contributed by atoms with Crippen LogP contribution in [0.1, 0.15) is 106 Å². The van der Waals surface area contributed by atoms with Crippen molar-refractivity contribution >= 4 is 34.0 Å². The number of benzene rings is 6. The van der Waals surface area contributed by atoms with Gasteiger partial charge in [-0.2, -0.15) is 26.3 Å². The van der Waals surface area contributed by atoms with E-state index in [2.05, 4.69) is 19.9 Å². The molecule has 10 aromatic rings. The molecule has 0 spiro atoms. The van der Waals surface area contributed by atoms with Crippen molar-refractivity contribution in [2.75, 3.05) is 26.4 Å². The van der Waals surface area contributed by atoms with E-state index in [9.17, 15) is 53.5 Å². The summed E-state index contributed by atoms with van der Waals surface area (Å²) >= 11 is 0. The molecular weight excluding hydrogens is 1320 g/mol. The van der Waals surface area contributed by atoms with Crippen molar-refractivity contribution in [1.82, 2.24) is 29.1 Å². The largest absolute Gasteiger partial charge is 0.471 e. The summed E-state index contributed by atoms with van der Waals surface area (Å²) in [6.07, 6.45) is -10.8. The van der Waals surface area contributed by atoms with Crippen LogP contribution in [0.15, 0.2) is 109 Å². The van der Waals surface area contributed by atoms with E-state index in [0.717, 1.165) is 72.8 Å². The lowest BCUT2D eigenvalue weighted by Crippen LogP contribution is -2.27. The summed E-state index contributed by atoms with van der Waals surface area (Å²) in [5.41, 5.74) is -9.25. The van der Waals surface area contributed by atoms with Crippen LogP contribution in [0.4, 0.5) is 70.2 Å². The molecule has 0 amide bonds. The van der Waals surface area contributed by atoms with Gasteiger partial charge < -0.3 is 32.8 Å². The Morgan fingerprint density at radius 1 is 0.454 bits per heavy atom. The Kier molecular flexibility index (Phi) is 17.5. The zero-order chi connectivity index (χ0) is 69.5. The van der Waals surface area contributed by atoms with E-state index in [0.29, 0.717) is 24.3 Å². The van der Waals surface area contributed by atoms with Gasteiger partial charge in [-0.3, -0.25) is 0 Å². The van der Waals surface area contributed by atoms with Crippen LogP contribution in [0.2, 0.25) is 0 Å². The number of esters is 2. The Morgan fingerprint density at radius 3 is 1.19 bits per heavy atom. The van der Waals surface area contributed by atoms with Crippen molar-refractivity contribution in [1.29, 1.82) is 0 Å². The topological polar surface area (TPSA) is 142 Å². The number of alkyl halides is 6. The molecule has 12 rings (SSSR count). The normalized spacial score (nSPS) is 16.2. The summed E-state index contributed by atoms with van der Waals surface area (Å²) < 4.78 is 266. The third kappa shape index (κ3) is 13.3. The zero-order valence-electron chi connectivity index (χ0n) is 50.8. The number of fused-ring (bicyclic) bond motifs is 2. The van der Waals surface area contributed by atoms with Crippen LogP contribution in [0, 0.1) is 69.0 Å². The molecule has 4 aromatic heterocycles. The smallest absolute Gasteiger partial charge is 0.416 e. The van der Waals surface area contributed by atoms with E-state index in [1.54, 1.807) is 27.7 Å². The summed E-state index contributed by atoms with van der Waals surface area (Å²) in [6, 6.07) is 12.1. The van der Waals surface area contributed by atoms with Gasteiger partial charge in [0.15, 0.2) is 23.3 Å². The minimum absolute atomic E-state index is 0.0164. The fraction of sp³-hybridized carbons (Fsp3) is 0.265. The number of pyridine rings is 2. The maximum atomic E-state index is 16.5. The molecule has 504 valence electrons. The van der Waals surface area contributed by atoms with Gasteiger partial charge in [-0.25, -0.2) is 73.4 Å². The number of hydrogen-bond donors (Lipinski definition) is 0. The minimum Gasteiger partial charge on any atom is -0.471 e. The van der Waals surface area contributed by atoms with Crippen LogP contribution in [0.5, 0.6) is 11.8 Å². The molecule has 2 atom stereocenters. The predicted octanol–water partition coefficient (Wildman–Crippen LogP) is 16.5. The number of halogens is 16. The van der Waals surface area contributed by atoms with Crippen LogP contribution >= 0.6 is 0 Å². The van der Waals surface area contributed by atoms with Crippen LogP contribution in [0.25, 0.3) is 44.6 Å². The summed E-state index contributed by atoms with van der Waals surface area (Å²) in [6.45, 7) is 5.88. The molecular formula is C68H48F16N6O7. The van der Waals surface area contributed by atoms with Crippen molar-refractivity contribution in [3.63, 3.8) is 0 Å². The number of rotatable bonds is 16. The van der Waals surface area contributed by atoms with Crippen molar-refractivity contribution < 1.29 is 104 Å².